The molecular formula is C21H24N4O5S. The fraction of sp³-hybridized carbons (Fsp3) is 0.286. The van der Waals surface area contributed by atoms with Gasteiger partial charge in [-0.2, -0.15) is 0 Å². The summed E-state index contributed by atoms with van der Waals surface area (Å²) in [6.45, 7) is 5.03. The highest BCUT2D eigenvalue weighted by molar-refractivity contribution is 7.89. The van der Waals surface area contributed by atoms with Crippen LogP contribution in [0.25, 0.3) is 16.6 Å². The first-order valence-electron chi connectivity index (χ1n) is 9.71. The van der Waals surface area contributed by atoms with E-state index in [-0.39, 0.29) is 23.7 Å². The second-order valence-corrected chi connectivity index (χ2v) is 9.24. The average Bonchev–Trinajstić information content (AvgIpc) is 2.72. The van der Waals surface area contributed by atoms with Gasteiger partial charge in [-0.25, -0.2) is 22.9 Å². The molecular weight excluding hydrogens is 420 g/mol. The highest BCUT2D eigenvalue weighted by Crippen LogP contribution is 2.20. The third-order valence-corrected chi connectivity index (χ3v) is 6.25. The summed E-state index contributed by atoms with van der Waals surface area (Å²) >= 11 is 0. The number of fused-ring (bicyclic) bond motifs is 1. The third-order valence-electron chi connectivity index (χ3n) is 4.90. The summed E-state index contributed by atoms with van der Waals surface area (Å²) in [5, 5.41) is 11.9. The molecule has 1 aromatic heterocycles. The maximum atomic E-state index is 13.5. The molecule has 9 nitrogen and oxygen atoms in total. The van der Waals surface area contributed by atoms with Crippen molar-refractivity contribution in [1.82, 2.24) is 19.6 Å². The molecule has 164 valence electrons. The molecule has 0 spiro atoms. The minimum atomic E-state index is -3.38. The Hall–Kier alpha value is -3.24. The van der Waals surface area contributed by atoms with Crippen LogP contribution < -0.4 is 15.6 Å². The van der Waals surface area contributed by atoms with Gasteiger partial charge >= 0.3 is 6.09 Å². The van der Waals surface area contributed by atoms with Crippen LogP contribution in [0.15, 0.2) is 47.3 Å². The van der Waals surface area contributed by atoms with Crippen molar-refractivity contribution in [2.75, 3.05) is 5.75 Å². The molecule has 1 amide bonds. The number of carboxylic acid groups (broad SMARTS) is 1. The highest BCUT2D eigenvalue weighted by atomic mass is 32.2. The van der Waals surface area contributed by atoms with Crippen molar-refractivity contribution < 1.29 is 18.3 Å². The number of rotatable bonds is 7. The normalized spacial score (nSPS) is 12.6. The molecule has 0 saturated heterocycles. The number of nitrogens with zero attached hydrogens (tertiary/aromatic N) is 2. The van der Waals surface area contributed by atoms with E-state index in [0.717, 1.165) is 5.56 Å². The van der Waals surface area contributed by atoms with Crippen LogP contribution in [0.2, 0.25) is 0 Å². The van der Waals surface area contributed by atoms with Crippen LogP contribution in [0, 0.1) is 6.92 Å². The minimum Gasteiger partial charge on any atom is -0.465 e. The molecule has 31 heavy (non-hydrogen) atoms. The number of hydrogen-bond donors (Lipinski definition) is 3. The number of benzene rings is 2. The Kier molecular flexibility index (Phi) is 6.42. The summed E-state index contributed by atoms with van der Waals surface area (Å²) in [5.74, 6) is 0.194. The fourth-order valence-electron chi connectivity index (χ4n) is 3.30. The number of sulfonamides is 1. The van der Waals surface area contributed by atoms with E-state index in [1.54, 1.807) is 50.2 Å². The lowest BCUT2D eigenvalue weighted by molar-refractivity contribution is 0.190. The summed E-state index contributed by atoms with van der Waals surface area (Å²) in [5.41, 5.74) is 2.01. The second kappa shape index (κ2) is 8.86. The zero-order chi connectivity index (χ0) is 22.8. The zero-order valence-corrected chi connectivity index (χ0v) is 18.2. The van der Waals surface area contributed by atoms with E-state index in [1.165, 1.54) is 4.57 Å². The molecule has 2 aromatic carbocycles. The van der Waals surface area contributed by atoms with E-state index in [9.17, 15) is 18.0 Å². The number of nitrogens with one attached hydrogen (secondary N) is 2. The Morgan fingerprint density at radius 1 is 1.23 bits per heavy atom. The van der Waals surface area contributed by atoms with Crippen molar-refractivity contribution >= 4 is 27.0 Å². The largest absolute Gasteiger partial charge is 0.465 e. The van der Waals surface area contributed by atoms with E-state index in [2.05, 4.69) is 15.0 Å². The summed E-state index contributed by atoms with van der Waals surface area (Å²) in [7, 11) is -3.38. The van der Waals surface area contributed by atoms with Crippen molar-refractivity contribution in [2.45, 2.75) is 33.4 Å². The first kappa shape index (κ1) is 22.4. The van der Waals surface area contributed by atoms with Gasteiger partial charge in [-0.15, -0.1) is 0 Å². The van der Waals surface area contributed by atoms with Crippen LogP contribution in [0.4, 0.5) is 4.79 Å². The molecule has 0 aliphatic heterocycles. The number of amides is 1. The molecule has 1 heterocycles. The van der Waals surface area contributed by atoms with Crippen molar-refractivity contribution in [3.63, 3.8) is 0 Å². The maximum absolute atomic E-state index is 13.5. The topological polar surface area (TPSA) is 130 Å². The van der Waals surface area contributed by atoms with Crippen LogP contribution in [0.5, 0.6) is 0 Å². The van der Waals surface area contributed by atoms with Gasteiger partial charge in [-0.05, 0) is 50.1 Å². The second-order valence-electron chi connectivity index (χ2n) is 7.15. The smallest absolute Gasteiger partial charge is 0.405 e. The van der Waals surface area contributed by atoms with Gasteiger partial charge < -0.3 is 10.4 Å². The molecule has 10 heteroatoms. The molecule has 0 saturated carbocycles. The monoisotopic (exact) mass is 444 g/mol. The van der Waals surface area contributed by atoms with Gasteiger partial charge in [0, 0.05) is 6.54 Å². The quantitative estimate of drug-likeness (QED) is 0.513. The summed E-state index contributed by atoms with van der Waals surface area (Å²) in [6.07, 6.45) is -1.24. The molecule has 3 rings (SSSR count). The van der Waals surface area contributed by atoms with Gasteiger partial charge in [0.1, 0.15) is 5.82 Å². The maximum Gasteiger partial charge on any atom is 0.405 e. The molecule has 0 fully saturated rings. The van der Waals surface area contributed by atoms with Gasteiger partial charge in [0.15, 0.2) is 0 Å². The predicted octanol–water partition coefficient (Wildman–Crippen LogP) is 2.46. The van der Waals surface area contributed by atoms with Gasteiger partial charge in [0.25, 0.3) is 5.56 Å². The van der Waals surface area contributed by atoms with Gasteiger partial charge in [-0.1, -0.05) is 24.3 Å². The molecule has 0 aliphatic carbocycles. The van der Waals surface area contributed by atoms with E-state index in [0.29, 0.717) is 22.2 Å². The van der Waals surface area contributed by atoms with Crippen molar-refractivity contribution in [3.05, 3.63) is 69.8 Å². The molecule has 0 radical (unpaired) electrons. The lowest BCUT2D eigenvalue weighted by Gasteiger charge is -2.19. The first-order chi connectivity index (χ1) is 14.6. The van der Waals surface area contributed by atoms with Crippen LogP contribution in [0.3, 0.4) is 0 Å². The Morgan fingerprint density at radius 3 is 2.61 bits per heavy atom. The van der Waals surface area contributed by atoms with Gasteiger partial charge in [0.05, 0.1) is 28.4 Å². The fourth-order valence-corrected chi connectivity index (χ4v) is 3.89. The van der Waals surface area contributed by atoms with Crippen molar-refractivity contribution in [2.24, 2.45) is 0 Å². The summed E-state index contributed by atoms with van der Waals surface area (Å²) < 4.78 is 27.4. The number of carbonyl (C=O) groups is 1. The Bertz CT molecular complexity index is 1300. The molecule has 3 aromatic rings. The Labute approximate surface area is 179 Å². The van der Waals surface area contributed by atoms with Crippen molar-refractivity contribution in [3.8, 4) is 5.69 Å². The summed E-state index contributed by atoms with van der Waals surface area (Å²) in [4.78, 5) is 29.3. The first-order valence-corrected chi connectivity index (χ1v) is 11.4. The van der Waals surface area contributed by atoms with Crippen molar-refractivity contribution in [1.29, 1.82) is 0 Å². The van der Waals surface area contributed by atoms with E-state index < -0.39 is 22.2 Å². The Morgan fingerprint density at radius 2 is 1.94 bits per heavy atom. The minimum absolute atomic E-state index is 0.0391. The Balaban J connectivity index is 2.19. The third kappa shape index (κ3) is 4.92. The number of hydrogen-bond acceptors (Lipinski definition) is 5. The van der Waals surface area contributed by atoms with E-state index in [1.807, 2.05) is 13.0 Å². The number of aryl methyl sites for hydroxylation is 1. The van der Waals surface area contributed by atoms with Crippen LogP contribution in [-0.4, -0.2) is 34.9 Å². The van der Waals surface area contributed by atoms with E-state index >= 15 is 0 Å². The van der Waals surface area contributed by atoms with Crippen LogP contribution in [-0.2, 0) is 16.6 Å². The molecule has 1 atom stereocenters. The SMILES string of the molecule is CCS(=O)(=O)NCc1cccc(-n2c(C(C)NC(=O)O)nc3cccc(C)c3c2=O)c1. The lowest BCUT2D eigenvalue weighted by atomic mass is 10.1. The molecule has 0 aliphatic rings. The van der Waals surface area contributed by atoms with Crippen LogP contribution in [0.1, 0.15) is 36.8 Å². The highest BCUT2D eigenvalue weighted by Gasteiger charge is 2.20. The van der Waals surface area contributed by atoms with Gasteiger partial charge in [-0.3, -0.25) is 9.36 Å². The predicted molar refractivity (Wildman–Crippen MR) is 118 cm³/mol. The standard InChI is InChI=1S/C21H24N4O5S/c1-4-31(29,30)22-12-15-8-6-9-16(11-15)25-19(14(3)23-21(27)28)24-17-10-5-7-13(2)18(17)20(25)26/h5-11,14,22-23H,4,12H2,1-3H3,(H,27,28). The molecule has 1 unspecified atom stereocenters. The molecule has 0 bridgehead atoms. The lowest BCUT2D eigenvalue weighted by Crippen LogP contribution is -2.32. The number of aromatic nitrogens is 2. The molecule has 3 N–H and O–H groups in total. The van der Waals surface area contributed by atoms with E-state index in [4.69, 9.17) is 5.11 Å². The average molecular weight is 445 g/mol. The zero-order valence-electron chi connectivity index (χ0n) is 17.4. The van der Waals surface area contributed by atoms with Crippen LogP contribution >= 0.6 is 0 Å². The van der Waals surface area contributed by atoms with Gasteiger partial charge in [0.2, 0.25) is 10.0 Å². The summed E-state index contributed by atoms with van der Waals surface area (Å²) in [6, 6.07) is 11.4.